The van der Waals surface area contributed by atoms with Crippen LogP contribution in [0.25, 0.3) is 0 Å². The van der Waals surface area contributed by atoms with E-state index in [2.05, 4.69) is 26.2 Å². The van der Waals surface area contributed by atoms with E-state index in [4.69, 9.17) is 5.41 Å². The van der Waals surface area contributed by atoms with Gasteiger partial charge in [0.2, 0.25) is 5.96 Å². The van der Waals surface area contributed by atoms with Crippen LogP contribution >= 0.6 is 27.5 Å². The molecule has 0 unspecified atom stereocenters. The van der Waals surface area contributed by atoms with Crippen LogP contribution in [0.1, 0.15) is 27.7 Å². The Kier molecular flexibility index (Phi) is 5.72. The van der Waals surface area contributed by atoms with Crippen LogP contribution in [-0.4, -0.2) is 15.7 Å². The Hall–Kier alpha value is -2.51. The van der Waals surface area contributed by atoms with Crippen LogP contribution in [0.15, 0.2) is 58.0 Å². The number of carbonyl (C=O) groups excluding carboxylic acids is 1. The zero-order valence-corrected chi connectivity index (χ0v) is 17.6. The lowest BCUT2D eigenvalue weighted by Crippen LogP contribution is -2.28. The summed E-state index contributed by atoms with van der Waals surface area (Å²) in [7, 11) is 0. The zero-order chi connectivity index (χ0) is 19.6. The maximum absolute atomic E-state index is 11.5. The molecule has 2 N–H and O–H groups in total. The van der Waals surface area contributed by atoms with Gasteiger partial charge in [0, 0.05) is 20.6 Å². The second-order valence-electron chi connectivity index (χ2n) is 6.15. The molecule has 0 fully saturated rings. The maximum atomic E-state index is 11.5. The van der Waals surface area contributed by atoms with E-state index >= 15 is 0 Å². The van der Waals surface area contributed by atoms with Gasteiger partial charge < -0.3 is 5.32 Å². The minimum Gasteiger partial charge on any atom is -0.325 e. The molecule has 0 radical (unpaired) electrons. The lowest BCUT2D eigenvalue weighted by molar-refractivity contribution is 0.101. The number of aryl methyl sites for hydroxylation is 2. The molecule has 0 saturated heterocycles. The lowest BCUT2D eigenvalue weighted by Gasteiger charge is -2.12. The largest absolute Gasteiger partial charge is 0.325 e. The number of hydrogen-bond acceptors (Lipinski definition) is 4. The molecule has 0 aliphatic heterocycles. The van der Waals surface area contributed by atoms with Gasteiger partial charge in [-0.3, -0.25) is 10.2 Å². The van der Waals surface area contributed by atoms with Crippen LogP contribution in [0.3, 0.4) is 0 Å². The molecule has 1 aromatic heterocycles. The van der Waals surface area contributed by atoms with Crippen LogP contribution in [0.4, 0.5) is 11.4 Å². The van der Waals surface area contributed by atoms with Gasteiger partial charge in [-0.2, -0.15) is 0 Å². The molecule has 27 heavy (non-hydrogen) atoms. The smallest absolute Gasteiger partial charge is 0.223 e. The van der Waals surface area contributed by atoms with Gasteiger partial charge in [0.15, 0.2) is 5.78 Å². The summed E-state index contributed by atoms with van der Waals surface area (Å²) >= 11 is 4.96. The molecule has 0 bridgehead atoms. The highest BCUT2D eigenvalue weighted by Gasteiger charge is 2.09. The summed E-state index contributed by atoms with van der Waals surface area (Å²) in [6, 6.07) is 14.9. The van der Waals surface area contributed by atoms with Crippen LogP contribution in [0, 0.1) is 19.3 Å². The van der Waals surface area contributed by atoms with Gasteiger partial charge in [-0.1, -0.05) is 27.5 Å². The first-order valence-corrected chi connectivity index (χ1v) is 9.88. The summed E-state index contributed by atoms with van der Waals surface area (Å²) in [5, 5.41) is 11.5. The van der Waals surface area contributed by atoms with E-state index in [1.54, 1.807) is 34.3 Å². The fourth-order valence-electron chi connectivity index (χ4n) is 2.50. The summed E-state index contributed by atoms with van der Waals surface area (Å²) in [5.41, 5.74) is 3.69. The van der Waals surface area contributed by atoms with E-state index in [9.17, 15) is 4.79 Å². The van der Waals surface area contributed by atoms with Crippen LogP contribution in [-0.2, 0) is 0 Å². The van der Waals surface area contributed by atoms with Crippen molar-refractivity contribution in [1.82, 2.24) is 3.96 Å². The Morgan fingerprint density at radius 1 is 1.15 bits per heavy atom. The molecule has 3 rings (SSSR count). The number of nitrogens with zero attached hydrogens (tertiary/aromatic N) is 2. The van der Waals surface area contributed by atoms with Gasteiger partial charge in [-0.15, -0.1) is 0 Å². The number of halogens is 1. The number of ketones is 1. The van der Waals surface area contributed by atoms with Crippen molar-refractivity contribution in [3.8, 4) is 0 Å². The second-order valence-corrected chi connectivity index (χ2v) is 8.20. The molecular formula is C20H19BrN4OS. The molecule has 138 valence electrons. The van der Waals surface area contributed by atoms with Crippen molar-refractivity contribution in [2.45, 2.75) is 20.8 Å². The Labute approximate surface area is 170 Å². The molecule has 5 nitrogen and oxygen atoms in total. The number of hydrogen-bond donors (Lipinski definition) is 2. The summed E-state index contributed by atoms with van der Waals surface area (Å²) < 4.78 is 2.78. The van der Waals surface area contributed by atoms with Gasteiger partial charge in [-0.05, 0) is 74.9 Å². The summed E-state index contributed by atoms with van der Waals surface area (Å²) in [4.78, 5) is 17.2. The molecule has 0 aliphatic carbocycles. The van der Waals surface area contributed by atoms with Crippen molar-refractivity contribution in [1.29, 1.82) is 5.41 Å². The first-order valence-electron chi connectivity index (χ1n) is 8.31. The molecule has 0 amide bonds. The second kappa shape index (κ2) is 8.02. The molecule has 7 heteroatoms. The normalized spacial score (nSPS) is 11.5. The number of carbonyl (C=O) groups is 1. The zero-order valence-electron chi connectivity index (χ0n) is 15.2. The molecule has 2 aromatic carbocycles. The van der Waals surface area contributed by atoms with Crippen molar-refractivity contribution in [2.24, 2.45) is 4.99 Å². The molecule has 0 aliphatic rings. The third-order valence-electron chi connectivity index (χ3n) is 3.91. The minimum atomic E-state index is 0.0194. The summed E-state index contributed by atoms with van der Waals surface area (Å²) in [6.45, 7) is 5.52. The molecular weight excluding hydrogens is 424 g/mol. The lowest BCUT2D eigenvalue weighted by atomic mass is 10.1. The fourth-order valence-corrected chi connectivity index (χ4v) is 3.52. The first kappa shape index (κ1) is 19.3. The SMILES string of the molecule is CC(=O)c1ccc(N=C(Nc2ccc(Br)c(C)c2)n2sc(C)cc2=N)cc1. The third-order valence-corrected chi connectivity index (χ3v) is 5.76. The van der Waals surface area contributed by atoms with Crippen molar-refractivity contribution in [2.75, 3.05) is 5.32 Å². The minimum absolute atomic E-state index is 0.0194. The predicted molar refractivity (Wildman–Crippen MR) is 114 cm³/mol. The fraction of sp³-hybridized carbons (Fsp3) is 0.150. The Balaban J connectivity index is 2.03. The number of nitrogens with one attached hydrogen (secondary N) is 2. The average molecular weight is 443 g/mol. The van der Waals surface area contributed by atoms with E-state index in [-0.39, 0.29) is 5.78 Å². The van der Waals surface area contributed by atoms with Gasteiger partial charge in [0.05, 0.1) is 5.69 Å². The number of Topliss-reactive ketones (excluding diaryl/α,β-unsaturated/α-hetero) is 1. The van der Waals surface area contributed by atoms with Crippen molar-refractivity contribution in [3.05, 3.63) is 74.5 Å². The van der Waals surface area contributed by atoms with E-state index in [0.717, 1.165) is 20.6 Å². The van der Waals surface area contributed by atoms with Gasteiger partial charge in [0.1, 0.15) is 5.49 Å². The number of anilines is 1. The van der Waals surface area contributed by atoms with Gasteiger partial charge >= 0.3 is 0 Å². The molecule has 0 spiro atoms. The monoisotopic (exact) mass is 442 g/mol. The van der Waals surface area contributed by atoms with Crippen molar-refractivity contribution >= 4 is 50.6 Å². The molecule has 0 saturated carbocycles. The quantitative estimate of drug-likeness (QED) is 0.329. The summed E-state index contributed by atoms with van der Waals surface area (Å²) in [5.74, 6) is 0.557. The van der Waals surface area contributed by atoms with Crippen LogP contribution in [0.2, 0.25) is 0 Å². The molecule has 1 heterocycles. The highest BCUT2D eigenvalue weighted by atomic mass is 79.9. The Morgan fingerprint density at radius 3 is 2.41 bits per heavy atom. The van der Waals surface area contributed by atoms with Gasteiger partial charge in [-0.25, -0.2) is 8.95 Å². The summed E-state index contributed by atoms with van der Waals surface area (Å²) in [6.07, 6.45) is 0. The molecule has 3 aromatic rings. The first-order chi connectivity index (χ1) is 12.8. The topological polar surface area (TPSA) is 70.2 Å². The van der Waals surface area contributed by atoms with E-state index < -0.39 is 0 Å². The van der Waals surface area contributed by atoms with Crippen LogP contribution < -0.4 is 10.8 Å². The predicted octanol–water partition coefficient (Wildman–Crippen LogP) is 5.26. The average Bonchev–Trinajstić information content (AvgIpc) is 2.96. The Bertz CT molecular complexity index is 1080. The standard InChI is InChI=1S/C20H19BrN4OS/c1-12-10-17(8-9-18(12)21)24-20(25-19(22)11-13(2)27-25)23-16-6-4-15(5-7-16)14(3)26/h4-11,22H,1-3H3,(H,23,24). The van der Waals surface area contributed by atoms with Crippen molar-refractivity contribution in [3.63, 3.8) is 0 Å². The van der Waals surface area contributed by atoms with E-state index in [1.807, 2.05) is 32.0 Å². The highest BCUT2D eigenvalue weighted by molar-refractivity contribution is 9.10. The number of aromatic nitrogens is 1. The number of rotatable bonds is 3. The molecule has 0 atom stereocenters. The third kappa shape index (κ3) is 4.61. The highest BCUT2D eigenvalue weighted by Crippen LogP contribution is 2.21. The number of aliphatic imine (C=N–C) groups is 1. The van der Waals surface area contributed by atoms with Crippen molar-refractivity contribution < 1.29 is 4.79 Å². The van der Waals surface area contributed by atoms with Gasteiger partial charge in [0.25, 0.3) is 0 Å². The maximum Gasteiger partial charge on any atom is 0.223 e. The van der Waals surface area contributed by atoms with E-state index in [0.29, 0.717) is 22.7 Å². The number of benzene rings is 2. The van der Waals surface area contributed by atoms with E-state index in [1.165, 1.54) is 18.5 Å². The Morgan fingerprint density at radius 2 is 1.85 bits per heavy atom. The van der Waals surface area contributed by atoms with Crippen LogP contribution in [0.5, 0.6) is 0 Å².